The third kappa shape index (κ3) is 6.28. The molecule has 0 atom stereocenters. The first kappa shape index (κ1) is 24.1. The lowest BCUT2D eigenvalue weighted by molar-refractivity contribution is -0.121. The number of aryl methyl sites for hydroxylation is 1. The predicted molar refractivity (Wildman–Crippen MR) is 123 cm³/mol. The zero-order chi connectivity index (χ0) is 24.8. The van der Waals surface area contributed by atoms with Gasteiger partial charge >= 0.3 is 0 Å². The van der Waals surface area contributed by atoms with E-state index in [0.717, 1.165) is 11.1 Å². The van der Waals surface area contributed by atoms with Gasteiger partial charge in [-0.1, -0.05) is 24.3 Å². The van der Waals surface area contributed by atoms with Crippen molar-refractivity contribution in [2.75, 3.05) is 13.1 Å². The number of nitrogens with one attached hydrogen (secondary N) is 2. The fourth-order valence-corrected chi connectivity index (χ4v) is 3.78. The molecule has 2 N–H and O–H groups in total. The van der Waals surface area contributed by atoms with Crippen molar-refractivity contribution < 1.29 is 23.2 Å². The number of nitrogens with zero attached hydrogens (tertiary/aromatic N) is 3. The van der Waals surface area contributed by atoms with E-state index >= 15 is 0 Å². The SMILES string of the molecule is O=C(CCNC(=O)c1cc2n(n1)CCCN(Cc1ccc(F)cc1)C2=O)NCc1ccc(F)cc1. The van der Waals surface area contributed by atoms with E-state index in [1.807, 2.05) is 0 Å². The summed E-state index contributed by atoms with van der Waals surface area (Å²) in [6.45, 7) is 1.70. The summed E-state index contributed by atoms with van der Waals surface area (Å²) in [6, 6.07) is 13.3. The number of rotatable bonds is 8. The van der Waals surface area contributed by atoms with Gasteiger partial charge in [0.25, 0.3) is 11.8 Å². The van der Waals surface area contributed by atoms with Crippen molar-refractivity contribution in [3.63, 3.8) is 0 Å². The van der Waals surface area contributed by atoms with Crippen LogP contribution in [0.1, 0.15) is 44.9 Å². The number of carbonyl (C=O) groups excluding carboxylic acids is 3. The van der Waals surface area contributed by atoms with Crippen LogP contribution in [0, 0.1) is 11.6 Å². The Morgan fingerprint density at radius 3 is 2.26 bits per heavy atom. The van der Waals surface area contributed by atoms with Gasteiger partial charge in [0.1, 0.15) is 17.3 Å². The van der Waals surface area contributed by atoms with Crippen LogP contribution in [0.15, 0.2) is 54.6 Å². The number of halogens is 2. The zero-order valence-electron chi connectivity index (χ0n) is 19.0. The lowest BCUT2D eigenvalue weighted by Gasteiger charge is -2.20. The number of carbonyl (C=O) groups is 3. The van der Waals surface area contributed by atoms with Crippen molar-refractivity contribution in [2.24, 2.45) is 0 Å². The summed E-state index contributed by atoms with van der Waals surface area (Å²) in [5.41, 5.74) is 1.99. The maximum Gasteiger partial charge on any atom is 0.272 e. The average Bonchev–Trinajstić information content (AvgIpc) is 3.22. The molecule has 0 radical (unpaired) electrons. The van der Waals surface area contributed by atoms with Crippen LogP contribution >= 0.6 is 0 Å². The van der Waals surface area contributed by atoms with E-state index in [2.05, 4.69) is 15.7 Å². The molecule has 3 amide bonds. The Morgan fingerprint density at radius 1 is 0.914 bits per heavy atom. The second kappa shape index (κ2) is 10.9. The summed E-state index contributed by atoms with van der Waals surface area (Å²) < 4.78 is 27.6. The van der Waals surface area contributed by atoms with Gasteiger partial charge in [-0.05, 0) is 41.8 Å². The number of aromatic nitrogens is 2. The smallest absolute Gasteiger partial charge is 0.272 e. The van der Waals surface area contributed by atoms with E-state index in [1.54, 1.807) is 29.2 Å². The van der Waals surface area contributed by atoms with Crippen LogP contribution in [-0.2, 0) is 24.4 Å². The van der Waals surface area contributed by atoms with Gasteiger partial charge in [-0.25, -0.2) is 8.78 Å². The van der Waals surface area contributed by atoms with E-state index in [-0.39, 0.29) is 48.7 Å². The minimum absolute atomic E-state index is 0.0604. The molecule has 4 rings (SSSR count). The second-order valence-corrected chi connectivity index (χ2v) is 8.25. The molecule has 2 heterocycles. The molecule has 2 aromatic carbocycles. The first-order chi connectivity index (χ1) is 16.9. The predicted octanol–water partition coefficient (Wildman–Crippen LogP) is 2.64. The standard InChI is InChI=1S/C25H25F2N5O3/c26-19-6-2-17(3-7-19)15-29-23(33)10-11-28-24(34)21-14-22-25(35)31(12-1-13-32(22)30-21)16-18-4-8-20(27)9-5-18/h2-9,14H,1,10-13,15-16H2,(H,28,34)(H,29,33). The summed E-state index contributed by atoms with van der Waals surface area (Å²) in [5, 5.41) is 9.63. The first-order valence-electron chi connectivity index (χ1n) is 11.3. The molecule has 1 aromatic heterocycles. The van der Waals surface area contributed by atoms with Gasteiger partial charge in [-0.15, -0.1) is 0 Å². The first-order valence-corrected chi connectivity index (χ1v) is 11.3. The van der Waals surface area contributed by atoms with Gasteiger partial charge in [0.05, 0.1) is 0 Å². The number of benzene rings is 2. The zero-order valence-corrected chi connectivity index (χ0v) is 19.0. The highest BCUT2D eigenvalue weighted by Crippen LogP contribution is 2.17. The van der Waals surface area contributed by atoms with Gasteiger partial charge in [0, 0.05) is 45.2 Å². The molecule has 10 heteroatoms. The fraction of sp³-hybridized carbons (Fsp3) is 0.280. The van der Waals surface area contributed by atoms with E-state index in [1.165, 1.54) is 35.0 Å². The Bertz CT molecular complexity index is 1210. The molecule has 35 heavy (non-hydrogen) atoms. The highest BCUT2D eigenvalue weighted by molar-refractivity contribution is 5.98. The van der Waals surface area contributed by atoms with E-state index < -0.39 is 5.91 Å². The second-order valence-electron chi connectivity index (χ2n) is 8.25. The highest BCUT2D eigenvalue weighted by atomic mass is 19.1. The minimum atomic E-state index is -0.477. The summed E-state index contributed by atoms with van der Waals surface area (Å²) >= 11 is 0. The Balaban J connectivity index is 1.29. The van der Waals surface area contributed by atoms with Gasteiger partial charge < -0.3 is 15.5 Å². The van der Waals surface area contributed by atoms with Gasteiger partial charge in [-0.2, -0.15) is 5.10 Å². The van der Waals surface area contributed by atoms with Crippen molar-refractivity contribution in [3.8, 4) is 0 Å². The molecular weight excluding hydrogens is 456 g/mol. The van der Waals surface area contributed by atoms with Crippen LogP contribution < -0.4 is 10.6 Å². The van der Waals surface area contributed by atoms with Gasteiger partial charge in [0.15, 0.2) is 5.69 Å². The number of fused-ring (bicyclic) bond motifs is 1. The van der Waals surface area contributed by atoms with Crippen LogP contribution in [0.4, 0.5) is 8.78 Å². The molecule has 0 aliphatic carbocycles. The maximum absolute atomic E-state index is 13.2. The number of amides is 3. The van der Waals surface area contributed by atoms with Crippen LogP contribution in [0.25, 0.3) is 0 Å². The number of hydrogen-bond acceptors (Lipinski definition) is 4. The highest BCUT2D eigenvalue weighted by Gasteiger charge is 2.26. The lowest BCUT2D eigenvalue weighted by atomic mass is 10.2. The molecule has 0 saturated heterocycles. The van der Waals surface area contributed by atoms with Gasteiger partial charge in [-0.3, -0.25) is 19.1 Å². The fourth-order valence-electron chi connectivity index (χ4n) is 3.78. The lowest BCUT2D eigenvalue weighted by Crippen LogP contribution is -2.31. The average molecular weight is 482 g/mol. The van der Waals surface area contributed by atoms with Crippen molar-refractivity contribution in [1.82, 2.24) is 25.3 Å². The van der Waals surface area contributed by atoms with Crippen LogP contribution in [-0.4, -0.2) is 45.5 Å². The molecule has 3 aromatic rings. The van der Waals surface area contributed by atoms with Gasteiger partial charge in [0.2, 0.25) is 5.91 Å². The van der Waals surface area contributed by atoms with Crippen LogP contribution in [0.5, 0.6) is 0 Å². The molecule has 0 saturated carbocycles. The van der Waals surface area contributed by atoms with E-state index in [0.29, 0.717) is 31.7 Å². The van der Waals surface area contributed by atoms with Crippen LogP contribution in [0.2, 0.25) is 0 Å². The van der Waals surface area contributed by atoms with Crippen molar-refractivity contribution in [1.29, 1.82) is 0 Å². The molecule has 182 valence electrons. The third-order valence-electron chi connectivity index (χ3n) is 5.64. The molecule has 8 nitrogen and oxygen atoms in total. The Labute approximate surface area is 200 Å². The summed E-state index contributed by atoms with van der Waals surface area (Å²) in [4.78, 5) is 39.3. The molecule has 1 aliphatic rings. The molecule has 0 bridgehead atoms. The van der Waals surface area contributed by atoms with E-state index in [4.69, 9.17) is 0 Å². The van der Waals surface area contributed by atoms with Crippen molar-refractivity contribution >= 4 is 17.7 Å². The third-order valence-corrected chi connectivity index (χ3v) is 5.64. The molecular formula is C25H25F2N5O3. The Hall–Kier alpha value is -4.08. The van der Waals surface area contributed by atoms with E-state index in [9.17, 15) is 23.2 Å². The van der Waals surface area contributed by atoms with Crippen molar-refractivity contribution in [2.45, 2.75) is 32.5 Å². The molecule has 1 aliphatic heterocycles. The monoisotopic (exact) mass is 481 g/mol. The van der Waals surface area contributed by atoms with Crippen molar-refractivity contribution in [3.05, 3.63) is 88.7 Å². The Kier molecular flexibility index (Phi) is 7.49. The van der Waals surface area contributed by atoms with Crippen LogP contribution in [0.3, 0.4) is 0 Å². The molecule has 0 spiro atoms. The summed E-state index contributed by atoms with van der Waals surface area (Å²) in [6.07, 6.45) is 0.724. The quantitative estimate of drug-likeness (QED) is 0.517. The topological polar surface area (TPSA) is 96.3 Å². The maximum atomic E-state index is 13.2. The summed E-state index contributed by atoms with van der Waals surface area (Å²) in [7, 11) is 0. The summed E-state index contributed by atoms with van der Waals surface area (Å²) in [5.74, 6) is -1.67. The minimum Gasteiger partial charge on any atom is -0.352 e. The largest absolute Gasteiger partial charge is 0.352 e. The number of hydrogen-bond donors (Lipinski definition) is 2. The Morgan fingerprint density at radius 2 is 1.57 bits per heavy atom. The molecule has 0 fully saturated rings. The molecule has 0 unspecified atom stereocenters. The normalized spacial score (nSPS) is 13.2.